The zero-order valence-corrected chi connectivity index (χ0v) is 16.0. The average Bonchev–Trinajstić information content (AvgIpc) is 3.03. The lowest BCUT2D eigenvalue weighted by Gasteiger charge is -2.35. The summed E-state index contributed by atoms with van der Waals surface area (Å²) in [6.45, 7) is 7.77. The first-order valence-corrected chi connectivity index (χ1v) is 9.50. The molecule has 0 unspecified atom stereocenters. The van der Waals surface area contributed by atoms with E-state index in [2.05, 4.69) is 4.98 Å². The van der Waals surface area contributed by atoms with Crippen LogP contribution in [0.25, 0.3) is 10.6 Å². The number of nitrogens with zero attached hydrogens (tertiary/aromatic N) is 3. The van der Waals surface area contributed by atoms with E-state index in [4.69, 9.17) is 0 Å². The standard InChI is InChI=1S/C19H22FN3O2S/c1-12(2)18(24)22-8-10-23(11-9-22)19(25)16-13(3)21-17(26-16)14-4-6-15(20)7-5-14/h4-7,12H,8-11H2,1-3H3. The molecule has 2 amide bonds. The van der Waals surface area contributed by atoms with Crippen molar-refractivity contribution in [1.29, 1.82) is 0 Å². The summed E-state index contributed by atoms with van der Waals surface area (Å²) in [4.78, 5) is 33.6. The van der Waals surface area contributed by atoms with E-state index in [9.17, 15) is 14.0 Å². The van der Waals surface area contributed by atoms with Gasteiger partial charge in [0.05, 0.1) is 5.69 Å². The summed E-state index contributed by atoms with van der Waals surface area (Å²) in [5, 5.41) is 0.708. The van der Waals surface area contributed by atoms with Crippen LogP contribution in [0.3, 0.4) is 0 Å². The summed E-state index contributed by atoms with van der Waals surface area (Å²) in [6.07, 6.45) is 0. The molecule has 1 aliphatic heterocycles. The Kier molecular flexibility index (Phi) is 5.36. The number of aryl methyl sites for hydroxylation is 1. The van der Waals surface area contributed by atoms with Crippen LogP contribution < -0.4 is 0 Å². The second-order valence-corrected chi connectivity index (χ2v) is 7.71. The second kappa shape index (κ2) is 7.53. The van der Waals surface area contributed by atoms with Gasteiger partial charge in [-0.2, -0.15) is 0 Å². The number of carbonyl (C=O) groups excluding carboxylic acids is 2. The first kappa shape index (κ1) is 18.5. The number of rotatable bonds is 3. The van der Waals surface area contributed by atoms with Gasteiger partial charge >= 0.3 is 0 Å². The van der Waals surface area contributed by atoms with Gasteiger partial charge in [0, 0.05) is 37.7 Å². The fourth-order valence-electron chi connectivity index (χ4n) is 2.95. The van der Waals surface area contributed by atoms with Gasteiger partial charge in [0.25, 0.3) is 5.91 Å². The van der Waals surface area contributed by atoms with E-state index < -0.39 is 0 Å². The Hall–Kier alpha value is -2.28. The number of benzene rings is 1. The maximum atomic E-state index is 13.1. The Morgan fingerprint density at radius 1 is 1.08 bits per heavy atom. The van der Waals surface area contributed by atoms with Gasteiger partial charge in [-0.15, -0.1) is 11.3 Å². The van der Waals surface area contributed by atoms with Crippen molar-refractivity contribution in [3.8, 4) is 10.6 Å². The summed E-state index contributed by atoms with van der Waals surface area (Å²) < 4.78 is 13.1. The monoisotopic (exact) mass is 375 g/mol. The number of amides is 2. The molecule has 0 atom stereocenters. The molecular formula is C19H22FN3O2S. The van der Waals surface area contributed by atoms with Gasteiger partial charge in [-0.05, 0) is 31.2 Å². The Labute approximate surface area is 156 Å². The average molecular weight is 375 g/mol. The molecule has 26 heavy (non-hydrogen) atoms. The lowest BCUT2D eigenvalue weighted by atomic mass is 10.1. The molecule has 0 spiro atoms. The number of thiazole rings is 1. The SMILES string of the molecule is Cc1nc(-c2ccc(F)cc2)sc1C(=O)N1CCN(C(=O)C(C)C)CC1. The molecule has 1 aromatic carbocycles. The molecule has 7 heteroatoms. The number of aromatic nitrogens is 1. The third-order valence-electron chi connectivity index (χ3n) is 4.45. The van der Waals surface area contributed by atoms with Crippen LogP contribution >= 0.6 is 11.3 Å². The molecule has 5 nitrogen and oxygen atoms in total. The quantitative estimate of drug-likeness (QED) is 0.828. The van der Waals surface area contributed by atoms with Crippen LogP contribution in [0.4, 0.5) is 4.39 Å². The fraction of sp³-hybridized carbons (Fsp3) is 0.421. The molecule has 0 radical (unpaired) electrons. The first-order valence-electron chi connectivity index (χ1n) is 8.68. The number of carbonyl (C=O) groups is 2. The highest BCUT2D eigenvalue weighted by Crippen LogP contribution is 2.29. The molecule has 1 aromatic heterocycles. The van der Waals surface area contributed by atoms with Crippen LogP contribution in [0, 0.1) is 18.7 Å². The van der Waals surface area contributed by atoms with Crippen LogP contribution in [0.2, 0.25) is 0 Å². The molecule has 138 valence electrons. The molecule has 1 fully saturated rings. The summed E-state index contributed by atoms with van der Waals surface area (Å²) in [5.74, 6) is -0.249. The van der Waals surface area contributed by atoms with E-state index in [1.165, 1.54) is 23.5 Å². The Bertz CT molecular complexity index is 809. The number of piperazine rings is 1. The molecule has 1 aliphatic rings. The second-order valence-electron chi connectivity index (χ2n) is 6.71. The summed E-state index contributed by atoms with van der Waals surface area (Å²) in [7, 11) is 0. The van der Waals surface area contributed by atoms with Crippen molar-refractivity contribution < 1.29 is 14.0 Å². The Morgan fingerprint density at radius 2 is 1.65 bits per heavy atom. The molecular weight excluding hydrogens is 353 g/mol. The van der Waals surface area contributed by atoms with Gasteiger partial charge in [0.15, 0.2) is 0 Å². The van der Waals surface area contributed by atoms with Crippen LogP contribution in [-0.4, -0.2) is 52.8 Å². The largest absolute Gasteiger partial charge is 0.339 e. The number of hydrogen-bond donors (Lipinski definition) is 0. The smallest absolute Gasteiger partial charge is 0.265 e. The van der Waals surface area contributed by atoms with Gasteiger partial charge < -0.3 is 9.80 Å². The zero-order valence-electron chi connectivity index (χ0n) is 15.2. The van der Waals surface area contributed by atoms with Crippen molar-refractivity contribution in [2.45, 2.75) is 20.8 Å². The lowest BCUT2D eigenvalue weighted by Crippen LogP contribution is -2.51. The predicted octanol–water partition coefficient (Wildman–Crippen LogP) is 3.20. The van der Waals surface area contributed by atoms with Gasteiger partial charge in [0.2, 0.25) is 5.91 Å². The minimum Gasteiger partial charge on any atom is -0.339 e. The highest BCUT2D eigenvalue weighted by molar-refractivity contribution is 7.17. The molecule has 2 aromatic rings. The van der Waals surface area contributed by atoms with E-state index in [0.29, 0.717) is 41.8 Å². The van der Waals surface area contributed by atoms with E-state index in [-0.39, 0.29) is 23.5 Å². The minimum atomic E-state index is -0.299. The zero-order chi connectivity index (χ0) is 18.8. The van der Waals surface area contributed by atoms with E-state index in [1.54, 1.807) is 17.0 Å². The number of hydrogen-bond acceptors (Lipinski definition) is 4. The molecule has 2 heterocycles. The first-order chi connectivity index (χ1) is 12.4. The van der Waals surface area contributed by atoms with Crippen molar-refractivity contribution >= 4 is 23.2 Å². The van der Waals surface area contributed by atoms with Crippen LogP contribution in [-0.2, 0) is 4.79 Å². The van der Waals surface area contributed by atoms with Crippen molar-refractivity contribution in [2.24, 2.45) is 5.92 Å². The minimum absolute atomic E-state index is 0.0285. The van der Waals surface area contributed by atoms with Crippen LogP contribution in [0.5, 0.6) is 0 Å². The fourth-order valence-corrected chi connectivity index (χ4v) is 3.99. The third-order valence-corrected chi connectivity index (χ3v) is 5.65. The maximum Gasteiger partial charge on any atom is 0.265 e. The van der Waals surface area contributed by atoms with Crippen molar-refractivity contribution in [2.75, 3.05) is 26.2 Å². The summed E-state index contributed by atoms with van der Waals surface area (Å²) >= 11 is 1.33. The normalized spacial score (nSPS) is 14.8. The van der Waals surface area contributed by atoms with Crippen molar-refractivity contribution in [3.05, 3.63) is 40.7 Å². The number of halogens is 1. The molecule has 0 bridgehead atoms. The van der Waals surface area contributed by atoms with E-state index in [1.807, 2.05) is 25.7 Å². The molecule has 0 saturated carbocycles. The van der Waals surface area contributed by atoms with Gasteiger partial charge in [-0.3, -0.25) is 9.59 Å². The van der Waals surface area contributed by atoms with Crippen molar-refractivity contribution in [3.63, 3.8) is 0 Å². The lowest BCUT2D eigenvalue weighted by molar-refractivity contribution is -0.135. The van der Waals surface area contributed by atoms with Crippen LogP contribution in [0.1, 0.15) is 29.2 Å². The van der Waals surface area contributed by atoms with E-state index in [0.717, 1.165) is 5.56 Å². The Balaban J connectivity index is 1.71. The molecule has 1 saturated heterocycles. The van der Waals surface area contributed by atoms with E-state index >= 15 is 0 Å². The van der Waals surface area contributed by atoms with Crippen molar-refractivity contribution in [1.82, 2.24) is 14.8 Å². The van der Waals surface area contributed by atoms with Gasteiger partial charge in [0.1, 0.15) is 15.7 Å². The maximum absolute atomic E-state index is 13.1. The Morgan fingerprint density at radius 3 is 2.23 bits per heavy atom. The molecule has 3 rings (SSSR count). The molecule has 0 aliphatic carbocycles. The topological polar surface area (TPSA) is 53.5 Å². The van der Waals surface area contributed by atoms with Gasteiger partial charge in [-0.25, -0.2) is 9.37 Å². The summed E-state index contributed by atoms with van der Waals surface area (Å²) in [5.41, 5.74) is 1.48. The highest BCUT2D eigenvalue weighted by Gasteiger charge is 2.28. The predicted molar refractivity (Wildman–Crippen MR) is 99.6 cm³/mol. The highest BCUT2D eigenvalue weighted by atomic mass is 32.1. The summed E-state index contributed by atoms with van der Waals surface area (Å²) in [6, 6.07) is 6.10. The molecule has 0 N–H and O–H groups in total. The third kappa shape index (κ3) is 3.77. The van der Waals surface area contributed by atoms with Gasteiger partial charge in [-0.1, -0.05) is 13.8 Å². The van der Waals surface area contributed by atoms with Crippen LogP contribution in [0.15, 0.2) is 24.3 Å².